The summed E-state index contributed by atoms with van der Waals surface area (Å²) in [6, 6.07) is 9.99. The van der Waals surface area contributed by atoms with Gasteiger partial charge in [-0.05, 0) is 30.4 Å². The van der Waals surface area contributed by atoms with E-state index in [1.165, 1.54) is 16.9 Å². The lowest BCUT2D eigenvalue weighted by atomic mass is 10.1. The molecule has 0 aliphatic rings. The monoisotopic (exact) mass is 341 g/mol. The molecule has 0 bridgehead atoms. The molecule has 0 spiro atoms. The normalized spacial score (nSPS) is 10.9. The zero-order chi connectivity index (χ0) is 17.1. The van der Waals surface area contributed by atoms with Gasteiger partial charge in [0.05, 0.1) is 12.1 Å². The average molecular weight is 341 g/mol. The van der Waals surface area contributed by atoms with Crippen molar-refractivity contribution in [2.45, 2.75) is 26.3 Å². The molecule has 1 aromatic carbocycles. The van der Waals surface area contributed by atoms with E-state index in [4.69, 9.17) is 0 Å². The van der Waals surface area contributed by atoms with Crippen molar-refractivity contribution < 1.29 is 4.79 Å². The van der Waals surface area contributed by atoms with Crippen molar-refractivity contribution in [3.8, 4) is 0 Å². The number of rotatable bonds is 5. The molecule has 3 aromatic rings. The van der Waals surface area contributed by atoms with E-state index in [1.807, 2.05) is 36.6 Å². The summed E-state index contributed by atoms with van der Waals surface area (Å²) in [7, 11) is 1.73. The van der Waals surface area contributed by atoms with Crippen LogP contribution in [0.4, 0.5) is 0 Å². The third-order valence-corrected chi connectivity index (χ3v) is 4.79. The molecule has 0 fully saturated rings. The van der Waals surface area contributed by atoms with E-state index in [-0.39, 0.29) is 11.5 Å². The fourth-order valence-electron chi connectivity index (χ4n) is 2.62. The third kappa shape index (κ3) is 3.71. The highest BCUT2D eigenvalue weighted by atomic mass is 32.1. The molecular weight excluding hydrogens is 322 g/mol. The predicted octanol–water partition coefficient (Wildman–Crippen LogP) is 2.88. The standard InChI is InChI=1S/C18H19N3O2S/c1-12-4-3-5-13(10-12)6-7-16(22)21(2)11-15-19-14-8-9-24-17(14)18(23)20-15/h3-5,8-10H,6-7,11H2,1-2H3,(H,19,20,23). The molecule has 5 nitrogen and oxygen atoms in total. The number of nitrogens with zero attached hydrogens (tertiary/aromatic N) is 2. The van der Waals surface area contributed by atoms with E-state index in [9.17, 15) is 9.59 Å². The number of H-pyrrole nitrogens is 1. The summed E-state index contributed by atoms with van der Waals surface area (Å²) in [4.78, 5) is 33.0. The number of aromatic nitrogens is 2. The lowest BCUT2D eigenvalue weighted by molar-refractivity contribution is -0.130. The molecule has 0 atom stereocenters. The lowest BCUT2D eigenvalue weighted by Crippen LogP contribution is -2.28. The van der Waals surface area contributed by atoms with Crippen LogP contribution in [0.3, 0.4) is 0 Å². The molecule has 0 aliphatic carbocycles. The Morgan fingerprint density at radius 1 is 1.33 bits per heavy atom. The number of hydrogen-bond acceptors (Lipinski definition) is 4. The zero-order valence-corrected chi connectivity index (χ0v) is 14.5. The second-order valence-corrected chi connectivity index (χ2v) is 6.80. The molecule has 0 saturated carbocycles. The summed E-state index contributed by atoms with van der Waals surface area (Å²) >= 11 is 1.37. The number of benzene rings is 1. The maximum Gasteiger partial charge on any atom is 0.268 e. The Hall–Kier alpha value is -2.47. The van der Waals surface area contributed by atoms with Crippen LogP contribution in [0.15, 0.2) is 40.5 Å². The second-order valence-electron chi connectivity index (χ2n) is 5.89. The van der Waals surface area contributed by atoms with E-state index in [0.717, 1.165) is 5.56 Å². The van der Waals surface area contributed by atoms with Gasteiger partial charge in [-0.25, -0.2) is 4.98 Å². The minimum atomic E-state index is -0.148. The number of carbonyl (C=O) groups is 1. The van der Waals surface area contributed by atoms with Gasteiger partial charge in [-0.3, -0.25) is 9.59 Å². The van der Waals surface area contributed by atoms with Crippen LogP contribution < -0.4 is 5.56 Å². The van der Waals surface area contributed by atoms with E-state index in [2.05, 4.69) is 16.0 Å². The molecule has 1 amide bonds. The van der Waals surface area contributed by atoms with Gasteiger partial charge in [-0.2, -0.15) is 0 Å². The summed E-state index contributed by atoms with van der Waals surface area (Å²) in [5.41, 5.74) is 2.88. The lowest BCUT2D eigenvalue weighted by Gasteiger charge is -2.16. The molecule has 6 heteroatoms. The van der Waals surface area contributed by atoms with Gasteiger partial charge in [-0.1, -0.05) is 29.8 Å². The highest BCUT2D eigenvalue weighted by molar-refractivity contribution is 7.17. The number of carbonyl (C=O) groups excluding carboxylic acids is 1. The van der Waals surface area contributed by atoms with Crippen LogP contribution in [0, 0.1) is 6.92 Å². The third-order valence-electron chi connectivity index (χ3n) is 3.89. The van der Waals surface area contributed by atoms with E-state index in [0.29, 0.717) is 35.4 Å². The van der Waals surface area contributed by atoms with Crippen molar-refractivity contribution in [3.05, 3.63) is 63.0 Å². The van der Waals surface area contributed by atoms with Gasteiger partial charge < -0.3 is 9.88 Å². The smallest absolute Gasteiger partial charge is 0.268 e. The van der Waals surface area contributed by atoms with Crippen LogP contribution in [0.25, 0.3) is 10.2 Å². The van der Waals surface area contributed by atoms with Crippen molar-refractivity contribution in [1.82, 2.24) is 14.9 Å². The first kappa shape index (κ1) is 16.4. The molecule has 0 unspecified atom stereocenters. The first-order chi connectivity index (χ1) is 11.5. The minimum absolute atomic E-state index is 0.0320. The quantitative estimate of drug-likeness (QED) is 0.776. The van der Waals surface area contributed by atoms with Crippen LogP contribution in [0.2, 0.25) is 0 Å². The molecule has 0 saturated heterocycles. The first-order valence-electron chi connectivity index (χ1n) is 7.79. The molecule has 0 radical (unpaired) electrons. The SMILES string of the molecule is Cc1cccc(CCC(=O)N(C)Cc2nc3ccsc3c(=O)[nH]2)c1. The van der Waals surface area contributed by atoms with Gasteiger partial charge in [-0.15, -0.1) is 11.3 Å². The molecule has 1 N–H and O–H groups in total. The summed E-state index contributed by atoms with van der Waals surface area (Å²) in [6.45, 7) is 2.34. The maximum atomic E-state index is 12.3. The molecule has 2 heterocycles. The van der Waals surface area contributed by atoms with E-state index in [1.54, 1.807) is 11.9 Å². The topological polar surface area (TPSA) is 66.1 Å². The molecule has 2 aromatic heterocycles. The largest absolute Gasteiger partial charge is 0.338 e. The van der Waals surface area contributed by atoms with Crippen LogP contribution in [0.5, 0.6) is 0 Å². The molecule has 24 heavy (non-hydrogen) atoms. The zero-order valence-electron chi connectivity index (χ0n) is 13.7. The summed E-state index contributed by atoms with van der Waals surface area (Å²) in [6.07, 6.45) is 1.14. The average Bonchev–Trinajstić information content (AvgIpc) is 3.01. The number of amides is 1. The number of aryl methyl sites for hydroxylation is 2. The van der Waals surface area contributed by atoms with Crippen molar-refractivity contribution in [2.75, 3.05) is 7.05 Å². The first-order valence-corrected chi connectivity index (χ1v) is 8.67. The molecule has 124 valence electrons. The Labute approximate surface area is 144 Å². The minimum Gasteiger partial charge on any atom is -0.338 e. The fourth-order valence-corrected chi connectivity index (χ4v) is 3.34. The van der Waals surface area contributed by atoms with E-state index >= 15 is 0 Å². The van der Waals surface area contributed by atoms with Gasteiger partial charge in [0, 0.05) is 13.5 Å². The van der Waals surface area contributed by atoms with Crippen molar-refractivity contribution in [1.29, 1.82) is 0 Å². The van der Waals surface area contributed by atoms with Gasteiger partial charge >= 0.3 is 0 Å². The van der Waals surface area contributed by atoms with Crippen molar-refractivity contribution in [3.63, 3.8) is 0 Å². The van der Waals surface area contributed by atoms with Gasteiger partial charge in [0.15, 0.2) is 0 Å². The van der Waals surface area contributed by atoms with Crippen LogP contribution in [0.1, 0.15) is 23.4 Å². The summed E-state index contributed by atoms with van der Waals surface area (Å²) < 4.78 is 0.618. The van der Waals surface area contributed by atoms with Crippen molar-refractivity contribution in [2.24, 2.45) is 0 Å². The number of nitrogens with one attached hydrogen (secondary N) is 1. The van der Waals surface area contributed by atoms with Crippen LogP contribution in [-0.4, -0.2) is 27.8 Å². The van der Waals surface area contributed by atoms with E-state index < -0.39 is 0 Å². The Kier molecular flexibility index (Phi) is 4.76. The summed E-state index contributed by atoms with van der Waals surface area (Å²) in [5, 5.41) is 1.84. The Morgan fingerprint density at radius 3 is 2.96 bits per heavy atom. The number of thiophene rings is 1. The predicted molar refractivity (Wildman–Crippen MR) is 96.2 cm³/mol. The van der Waals surface area contributed by atoms with Crippen molar-refractivity contribution >= 4 is 27.5 Å². The maximum absolute atomic E-state index is 12.3. The Bertz CT molecular complexity index is 929. The van der Waals surface area contributed by atoms with Gasteiger partial charge in [0.2, 0.25) is 5.91 Å². The Balaban J connectivity index is 1.63. The van der Waals surface area contributed by atoms with Crippen LogP contribution in [-0.2, 0) is 17.8 Å². The highest BCUT2D eigenvalue weighted by Gasteiger charge is 2.12. The molecule has 3 rings (SSSR count). The van der Waals surface area contributed by atoms with Crippen LogP contribution >= 0.6 is 11.3 Å². The number of hydrogen-bond donors (Lipinski definition) is 1. The molecule has 0 aliphatic heterocycles. The van der Waals surface area contributed by atoms with Gasteiger partial charge in [0.25, 0.3) is 5.56 Å². The van der Waals surface area contributed by atoms with Gasteiger partial charge in [0.1, 0.15) is 10.5 Å². The fraction of sp³-hybridized carbons (Fsp3) is 0.278. The highest BCUT2D eigenvalue weighted by Crippen LogP contribution is 2.14. The number of fused-ring (bicyclic) bond motifs is 1. The second kappa shape index (κ2) is 6.97. The Morgan fingerprint density at radius 2 is 2.17 bits per heavy atom. The number of aromatic amines is 1. The molecular formula is C18H19N3O2S. The summed E-state index contributed by atoms with van der Waals surface area (Å²) in [5.74, 6) is 0.543.